The number of nitrogens with zero attached hydrogens (tertiary/aromatic N) is 1. The first-order valence-electron chi connectivity index (χ1n) is 6.54. The van der Waals surface area contributed by atoms with Crippen molar-refractivity contribution >= 4 is 6.09 Å². The molecule has 0 bridgehead atoms. The average Bonchev–Trinajstić information content (AvgIpc) is 2.51. The van der Waals surface area contributed by atoms with Gasteiger partial charge < -0.3 is 14.6 Å². The quantitative estimate of drug-likeness (QED) is 0.800. The van der Waals surface area contributed by atoms with Crippen LogP contribution in [-0.4, -0.2) is 46.2 Å². The average molecular weight is 271 g/mol. The van der Waals surface area contributed by atoms with Gasteiger partial charge in [-0.1, -0.05) is 6.08 Å². The van der Waals surface area contributed by atoms with Crippen LogP contribution in [0, 0.1) is 0 Å². The molecule has 0 aromatic rings. The molecule has 1 fully saturated rings. The summed E-state index contributed by atoms with van der Waals surface area (Å²) in [7, 11) is 0. The second-order valence-corrected chi connectivity index (χ2v) is 6.27. The summed E-state index contributed by atoms with van der Waals surface area (Å²) in [6.07, 6.45) is 0.863. The zero-order valence-electron chi connectivity index (χ0n) is 12.5. The number of ether oxygens (including phenoxy) is 2. The van der Waals surface area contributed by atoms with Gasteiger partial charge >= 0.3 is 6.09 Å². The highest BCUT2D eigenvalue weighted by molar-refractivity contribution is 5.69. The lowest BCUT2D eigenvalue weighted by Crippen LogP contribution is -2.53. The van der Waals surface area contributed by atoms with Crippen LogP contribution in [0.25, 0.3) is 0 Å². The first kappa shape index (κ1) is 16.0. The zero-order chi connectivity index (χ0) is 14.8. The summed E-state index contributed by atoms with van der Waals surface area (Å²) in [6, 6.07) is -0.414. The highest BCUT2D eigenvalue weighted by atomic mass is 16.6. The molecule has 110 valence electrons. The van der Waals surface area contributed by atoms with E-state index in [1.165, 1.54) is 4.90 Å². The predicted molar refractivity (Wildman–Crippen MR) is 72.7 cm³/mol. The molecule has 0 radical (unpaired) electrons. The van der Waals surface area contributed by atoms with Crippen LogP contribution in [0.1, 0.15) is 41.0 Å². The fourth-order valence-corrected chi connectivity index (χ4v) is 2.11. The Morgan fingerprint density at radius 1 is 1.63 bits per heavy atom. The molecule has 0 aliphatic carbocycles. The van der Waals surface area contributed by atoms with E-state index in [4.69, 9.17) is 9.47 Å². The van der Waals surface area contributed by atoms with Crippen LogP contribution in [-0.2, 0) is 9.47 Å². The van der Waals surface area contributed by atoms with Crippen molar-refractivity contribution in [3.8, 4) is 0 Å². The van der Waals surface area contributed by atoms with Gasteiger partial charge in [-0.25, -0.2) is 4.79 Å². The maximum absolute atomic E-state index is 12.3. The van der Waals surface area contributed by atoms with E-state index in [0.29, 0.717) is 13.0 Å². The number of aliphatic hydroxyl groups excluding tert-OH is 1. The molecule has 1 heterocycles. The van der Waals surface area contributed by atoms with E-state index in [9.17, 15) is 9.90 Å². The Morgan fingerprint density at radius 2 is 2.21 bits per heavy atom. The number of hydrogen-bond acceptors (Lipinski definition) is 4. The van der Waals surface area contributed by atoms with E-state index in [2.05, 4.69) is 6.58 Å². The number of rotatable bonds is 3. The zero-order valence-corrected chi connectivity index (χ0v) is 12.5. The molecule has 5 nitrogen and oxygen atoms in total. The van der Waals surface area contributed by atoms with Crippen molar-refractivity contribution in [2.75, 3.05) is 6.61 Å². The van der Waals surface area contributed by atoms with Crippen molar-refractivity contribution in [2.45, 2.75) is 64.5 Å². The Labute approximate surface area is 115 Å². The Kier molecular flexibility index (Phi) is 4.63. The van der Waals surface area contributed by atoms with Crippen molar-refractivity contribution in [1.82, 2.24) is 4.90 Å². The lowest BCUT2D eigenvalue weighted by molar-refractivity contribution is -0.0676. The minimum atomic E-state index is -0.783. The van der Waals surface area contributed by atoms with Gasteiger partial charge in [0.15, 0.2) is 0 Å². The van der Waals surface area contributed by atoms with Gasteiger partial charge in [0.25, 0.3) is 0 Å². The summed E-state index contributed by atoms with van der Waals surface area (Å²) in [5, 5.41) is 10.1. The van der Waals surface area contributed by atoms with Crippen LogP contribution in [0.2, 0.25) is 0 Å². The van der Waals surface area contributed by atoms with Crippen molar-refractivity contribution in [1.29, 1.82) is 0 Å². The lowest BCUT2D eigenvalue weighted by atomic mass is 10.1. The van der Waals surface area contributed by atoms with E-state index >= 15 is 0 Å². The molecule has 0 spiro atoms. The third kappa shape index (κ3) is 3.94. The molecule has 0 saturated carbocycles. The molecule has 1 aliphatic heterocycles. The fraction of sp³-hybridized carbons (Fsp3) is 0.786. The molecular weight excluding hydrogens is 246 g/mol. The van der Waals surface area contributed by atoms with Crippen LogP contribution in [0.4, 0.5) is 4.79 Å². The maximum Gasteiger partial charge on any atom is 0.412 e. The first-order valence-corrected chi connectivity index (χ1v) is 6.54. The van der Waals surface area contributed by atoms with Crippen LogP contribution >= 0.6 is 0 Å². The van der Waals surface area contributed by atoms with Crippen LogP contribution in [0.3, 0.4) is 0 Å². The van der Waals surface area contributed by atoms with Crippen LogP contribution < -0.4 is 0 Å². The summed E-state index contributed by atoms with van der Waals surface area (Å²) in [6.45, 7) is 12.9. The van der Waals surface area contributed by atoms with E-state index in [0.717, 1.165) is 0 Å². The van der Waals surface area contributed by atoms with Gasteiger partial charge in [-0.3, -0.25) is 4.90 Å². The number of carbonyl (C=O) groups is 1. The Hall–Kier alpha value is -1.07. The molecule has 2 atom stereocenters. The van der Waals surface area contributed by atoms with E-state index in [-0.39, 0.29) is 0 Å². The van der Waals surface area contributed by atoms with E-state index in [1.54, 1.807) is 19.9 Å². The number of amides is 1. The minimum absolute atomic E-state index is 0.293. The molecular formula is C14H25NO4. The van der Waals surface area contributed by atoms with Gasteiger partial charge in [0.2, 0.25) is 0 Å². The highest BCUT2D eigenvalue weighted by Gasteiger charge is 2.47. The molecule has 1 aliphatic rings. The first-order chi connectivity index (χ1) is 8.58. The fourth-order valence-electron chi connectivity index (χ4n) is 2.11. The Bertz CT molecular complexity index is 346. The second kappa shape index (κ2) is 5.51. The third-order valence-electron chi connectivity index (χ3n) is 2.96. The molecule has 5 heteroatoms. The Morgan fingerprint density at radius 3 is 2.68 bits per heavy atom. The number of carbonyl (C=O) groups excluding carboxylic acids is 1. The van der Waals surface area contributed by atoms with Crippen molar-refractivity contribution in [3.63, 3.8) is 0 Å². The number of aliphatic hydroxyl groups is 1. The van der Waals surface area contributed by atoms with Gasteiger partial charge in [-0.05, 0) is 41.0 Å². The molecule has 0 aromatic heterocycles. The normalized spacial score (nSPS) is 24.1. The van der Waals surface area contributed by atoms with Crippen molar-refractivity contribution in [2.24, 2.45) is 0 Å². The highest BCUT2D eigenvalue weighted by Crippen LogP contribution is 2.31. The van der Waals surface area contributed by atoms with Gasteiger partial charge in [0, 0.05) is 0 Å². The number of hydrogen-bond donors (Lipinski definition) is 1. The van der Waals surface area contributed by atoms with E-state index in [1.807, 2.05) is 20.8 Å². The van der Waals surface area contributed by atoms with Crippen molar-refractivity contribution in [3.05, 3.63) is 12.7 Å². The summed E-state index contributed by atoms with van der Waals surface area (Å²) >= 11 is 0. The van der Waals surface area contributed by atoms with Crippen LogP contribution in [0.5, 0.6) is 0 Å². The van der Waals surface area contributed by atoms with Gasteiger partial charge in [-0.2, -0.15) is 0 Å². The molecule has 0 aromatic carbocycles. The summed E-state index contributed by atoms with van der Waals surface area (Å²) in [5.41, 5.74) is -1.36. The van der Waals surface area contributed by atoms with Gasteiger partial charge in [-0.15, -0.1) is 6.58 Å². The molecule has 1 amide bonds. The topological polar surface area (TPSA) is 59.0 Å². The Balaban J connectivity index is 2.89. The standard InChI is InChI=1S/C14H25NO4/c1-7-8-11(16)10-9-18-14(5,6)15(10)12(17)19-13(2,3)4/h7,10-11,16H,1,8-9H2,2-6H3/t10-,11+/m1/s1. The summed E-state index contributed by atoms with van der Waals surface area (Å²) in [4.78, 5) is 13.8. The van der Waals surface area contributed by atoms with Crippen LogP contribution in [0.15, 0.2) is 12.7 Å². The van der Waals surface area contributed by atoms with E-state index < -0.39 is 29.6 Å². The predicted octanol–water partition coefficient (Wildman–Crippen LogP) is 2.30. The SMILES string of the molecule is C=CC[C@H](O)[C@H]1COC(C)(C)N1C(=O)OC(C)(C)C. The molecule has 19 heavy (non-hydrogen) atoms. The van der Waals surface area contributed by atoms with Crippen molar-refractivity contribution < 1.29 is 19.4 Å². The minimum Gasteiger partial charge on any atom is -0.444 e. The third-order valence-corrected chi connectivity index (χ3v) is 2.96. The monoisotopic (exact) mass is 271 g/mol. The smallest absolute Gasteiger partial charge is 0.412 e. The maximum atomic E-state index is 12.3. The van der Waals surface area contributed by atoms with Gasteiger partial charge in [0.05, 0.1) is 18.8 Å². The summed E-state index contributed by atoms with van der Waals surface area (Å²) < 4.78 is 11.0. The summed E-state index contributed by atoms with van der Waals surface area (Å²) in [5.74, 6) is 0. The molecule has 0 unspecified atom stereocenters. The largest absolute Gasteiger partial charge is 0.444 e. The lowest BCUT2D eigenvalue weighted by Gasteiger charge is -2.36. The molecule has 1 saturated heterocycles. The molecule has 1 N–H and O–H groups in total. The van der Waals surface area contributed by atoms with Gasteiger partial charge in [0.1, 0.15) is 11.3 Å². The molecule has 1 rings (SSSR count). The second-order valence-electron chi connectivity index (χ2n) is 6.27.